The van der Waals surface area contributed by atoms with E-state index in [1.54, 1.807) is 12.0 Å². The molecule has 3 nitrogen and oxygen atoms in total. The molecule has 0 bridgehead atoms. The average molecular weight is 274 g/mol. The van der Waals surface area contributed by atoms with E-state index in [-0.39, 0.29) is 17.2 Å². The molecule has 0 heterocycles. The quantitative estimate of drug-likeness (QED) is 0.579. The topological polar surface area (TPSA) is 29.5 Å². The van der Waals surface area contributed by atoms with Crippen molar-refractivity contribution in [3.05, 3.63) is 11.3 Å². The number of ether oxygens (including phenoxy) is 1. The summed E-state index contributed by atoms with van der Waals surface area (Å²) < 4.78 is 5.15. The molecule has 1 aliphatic carbocycles. The summed E-state index contributed by atoms with van der Waals surface area (Å²) in [6, 6.07) is 0. The Morgan fingerprint density at radius 1 is 1.33 bits per heavy atom. The first-order valence-corrected chi connectivity index (χ1v) is 7.03. The van der Waals surface area contributed by atoms with E-state index in [0.29, 0.717) is 6.73 Å². The molecule has 18 heavy (non-hydrogen) atoms. The molecule has 0 atom stereocenters. The molecule has 0 saturated heterocycles. The Morgan fingerprint density at radius 2 is 1.94 bits per heavy atom. The van der Waals surface area contributed by atoms with Crippen LogP contribution >= 0.6 is 11.6 Å². The second-order valence-electron chi connectivity index (χ2n) is 5.76. The number of amides is 1. The lowest BCUT2D eigenvalue weighted by Crippen LogP contribution is -2.36. The van der Waals surface area contributed by atoms with Gasteiger partial charge in [0.15, 0.2) is 0 Å². The number of allylic oxidation sites excluding steroid dienone is 2. The van der Waals surface area contributed by atoms with E-state index in [9.17, 15) is 4.79 Å². The summed E-state index contributed by atoms with van der Waals surface area (Å²) in [5.41, 5.74) is 2.58. The highest BCUT2D eigenvalue weighted by atomic mass is 35.5. The fraction of sp³-hybridized carbons (Fsp3) is 0.786. The molecule has 0 fully saturated rings. The maximum atomic E-state index is 12.0. The van der Waals surface area contributed by atoms with Crippen LogP contribution < -0.4 is 0 Å². The number of halogens is 1. The molecule has 0 N–H and O–H groups in total. The second-order valence-corrected chi connectivity index (χ2v) is 6.02. The van der Waals surface area contributed by atoms with E-state index in [1.807, 2.05) is 0 Å². The van der Waals surface area contributed by atoms with Gasteiger partial charge in [-0.15, -0.1) is 11.6 Å². The third kappa shape index (κ3) is 3.72. The normalized spacial score (nSPS) is 16.9. The fourth-order valence-electron chi connectivity index (χ4n) is 2.50. The van der Waals surface area contributed by atoms with Crippen LogP contribution in [0.5, 0.6) is 0 Å². The minimum absolute atomic E-state index is 0.00425. The van der Waals surface area contributed by atoms with Crippen molar-refractivity contribution in [3.8, 4) is 0 Å². The molecular formula is C14H24ClNO2. The van der Waals surface area contributed by atoms with Crippen LogP contribution in [0.4, 0.5) is 0 Å². The first kappa shape index (κ1) is 15.5. The van der Waals surface area contributed by atoms with Gasteiger partial charge in [0.1, 0.15) is 12.6 Å². The highest BCUT2D eigenvalue weighted by molar-refractivity contribution is 6.27. The minimum atomic E-state index is -0.0721. The zero-order chi connectivity index (χ0) is 13.8. The van der Waals surface area contributed by atoms with Crippen LogP contribution in [0.25, 0.3) is 0 Å². The summed E-state index contributed by atoms with van der Waals surface area (Å²) in [6.07, 6.45) is 4.34. The summed E-state index contributed by atoms with van der Waals surface area (Å²) >= 11 is 5.69. The second kappa shape index (κ2) is 6.58. The van der Waals surface area contributed by atoms with Crippen LogP contribution in [0.3, 0.4) is 0 Å². The number of hydrogen-bond acceptors (Lipinski definition) is 2. The third-order valence-corrected chi connectivity index (χ3v) is 3.57. The van der Waals surface area contributed by atoms with Gasteiger partial charge in [-0.1, -0.05) is 20.8 Å². The minimum Gasteiger partial charge on any atom is -0.364 e. The molecule has 1 rings (SSSR count). The molecule has 0 aromatic heterocycles. The molecule has 0 aliphatic heterocycles. The molecule has 104 valence electrons. The van der Waals surface area contributed by atoms with Crippen LogP contribution in [0, 0.1) is 5.41 Å². The Bertz CT molecular complexity index is 331. The van der Waals surface area contributed by atoms with Crippen LogP contribution in [-0.2, 0) is 9.53 Å². The lowest BCUT2D eigenvalue weighted by molar-refractivity contribution is -0.130. The zero-order valence-electron chi connectivity index (χ0n) is 11.9. The average Bonchev–Trinajstić information content (AvgIpc) is 2.34. The molecule has 0 aromatic carbocycles. The predicted octanol–water partition coefficient (Wildman–Crippen LogP) is 3.53. The highest BCUT2D eigenvalue weighted by Gasteiger charge is 2.28. The summed E-state index contributed by atoms with van der Waals surface area (Å²) in [7, 11) is 1.61. The van der Waals surface area contributed by atoms with Gasteiger partial charge in [0.25, 0.3) is 0 Å². The van der Waals surface area contributed by atoms with Gasteiger partial charge in [-0.05, 0) is 36.7 Å². The van der Waals surface area contributed by atoms with Crippen molar-refractivity contribution < 1.29 is 9.53 Å². The van der Waals surface area contributed by atoms with Crippen molar-refractivity contribution in [2.24, 2.45) is 5.41 Å². The Morgan fingerprint density at radius 3 is 2.44 bits per heavy atom. The maximum Gasteiger partial charge on any atom is 0.243 e. The van der Waals surface area contributed by atoms with Crippen molar-refractivity contribution in [1.29, 1.82) is 0 Å². The lowest BCUT2D eigenvalue weighted by atomic mass is 9.78. The first-order chi connectivity index (χ1) is 8.41. The number of carbonyl (C=O) groups is 1. The van der Waals surface area contributed by atoms with Gasteiger partial charge in [0.2, 0.25) is 5.91 Å². The summed E-state index contributed by atoms with van der Waals surface area (Å²) in [4.78, 5) is 13.7. The van der Waals surface area contributed by atoms with Crippen molar-refractivity contribution >= 4 is 17.5 Å². The number of hydrogen-bond donors (Lipinski definition) is 0. The Hall–Kier alpha value is -0.540. The Kier molecular flexibility index (Phi) is 5.67. The molecule has 0 spiro atoms. The number of carbonyl (C=O) groups excluding carboxylic acids is 1. The maximum absolute atomic E-state index is 12.0. The van der Waals surface area contributed by atoms with E-state index in [1.165, 1.54) is 12.0 Å². The van der Waals surface area contributed by atoms with Crippen LogP contribution in [0.1, 0.15) is 46.5 Å². The van der Waals surface area contributed by atoms with Crippen molar-refractivity contribution in [1.82, 2.24) is 4.90 Å². The number of nitrogens with zero attached hydrogens (tertiary/aromatic N) is 1. The van der Waals surface area contributed by atoms with Crippen molar-refractivity contribution in [2.45, 2.75) is 46.5 Å². The van der Waals surface area contributed by atoms with Crippen molar-refractivity contribution in [2.75, 3.05) is 19.7 Å². The van der Waals surface area contributed by atoms with E-state index in [0.717, 1.165) is 25.0 Å². The largest absolute Gasteiger partial charge is 0.364 e. The van der Waals surface area contributed by atoms with Gasteiger partial charge >= 0.3 is 0 Å². The Balaban J connectivity index is 3.12. The summed E-state index contributed by atoms with van der Waals surface area (Å²) in [5, 5.41) is 0. The van der Waals surface area contributed by atoms with Gasteiger partial charge < -0.3 is 4.74 Å². The van der Waals surface area contributed by atoms with E-state index < -0.39 is 0 Å². The van der Waals surface area contributed by atoms with Gasteiger partial charge in [-0.2, -0.15) is 0 Å². The van der Waals surface area contributed by atoms with Crippen LogP contribution in [0.15, 0.2) is 11.3 Å². The van der Waals surface area contributed by atoms with Gasteiger partial charge in [0.05, 0.1) is 0 Å². The summed E-state index contributed by atoms with van der Waals surface area (Å²) in [6.45, 7) is 6.89. The third-order valence-electron chi connectivity index (χ3n) is 3.34. The van der Waals surface area contributed by atoms with Gasteiger partial charge in [-0.25, -0.2) is 0 Å². The van der Waals surface area contributed by atoms with Crippen molar-refractivity contribution in [3.63, 3.8) is 0 Å². The van der Waals surface area contributed by atoms with Gasteiger partial charge in [-0.3, -0.25) is 9.69 Å². The van der Waals surface area contributed by atoms with E-state index in [2.05, 4.69) is 20.8 Å². The number of rotatable bonds is 4. The standard InChI is InChI=1S/C14H24ClNO2/c1-14(2,3)11-7-5-6-8-12(11)16(10-18-4)13(17)9-15/h5-10H2,1-4H3. The number of alkyl halides is 1. The molecule has 4 heteroatoms. The zero-order valence-corrected chi connectivity index (χ0v) is 12.6. The molecule has 1 amide bonds. The fourth-order valence-corrected chi connectivity index (χ4v) is 2.64. The van der Waals surface area contributed by atoms with Gasteiger partial charge in [0, 0.05) is 12.8 Å². The molecule has 1 aliphatic rings. The lowest BCUT2D eigenvalue weighted by Gasteiger charge is -2.35. The van der Waals surface area contributed by atoms with Crippen LogP contribution in [0.2, 0.25) is 0 Å². The highest BCUT2D eigenvalue weighted by Crippen LogP contribution is 2.38. The summed E-state index contributed by atoms with van der Waals surface area (Å²) in [5.74, 6) is -0.0678. The first-order valence-electron chi connectivity index (χ1n) is 6.49. The molecule has 0 radical (unpaired) electrons. The van der Waals surface area contributed by atoms with Crippen LogP contribution in [-0.4, -0.2) is 30.5 Å². The monoisotopic (exact) mass is 273 g/mol. The number of methoxy groups -OCH3 is 1. The molecule has 0 saturated carbocycles. The molecular weight excluding hydrogens is 250 g/mol. The Labute approximate surface area is 115 Å². The predicted molar refractivity (Wildman–Crippen MR) is 74.4 cm³/mol. The smallest absolute Gasteiger partial charge is 0.243 e. The molecule has 0 aromatic rings. The molecule has 0 unspecified atom stereocenters. The van der Waals surface area contributed by atoms with E-state index >= 15 is 0 Å². The van der Waals surface area contributed by atoms with E-state index in [4.69, 9.17) is 16.3 Å². The SMILES string of the molecule is COCN(C(=O)CCl)C1=C(C(C)(C)C)CCCC1.